The minimum absolute atomic E-state index is 0.0294. The SMILES string of the molecule is COC(=O)C(Cc1nccc(NC(=O)OC(=O)c2ccccc2)n1)NC(=O)OC(C)(C)C. The molecule has 0 saturated carbocycles. The molecule has 2 aromatic rings. The van der Waals surface area contributed by atoms with E-state index in [2.05, 4.69) is 20.6 Å². The highest BCUT2D eigenvalue weighted by Gasteiger charge is 2.26. The van der Waals surface area contributed by atoms with E-state index in [0.717, 1.165) is 0 Å². The van der Waals surface area contributed by atoms with Gasteiger partial charge in [-0.3, -0.25) is 5.32 Å². The van der Waals surface area contributed by atoms with E-state index >= 15 is 0 Å². The van der Waals surface area contributed by atoms with E-state index < -0.39 is 35.8 Å². The normalized spacial score (nSPS) is 11.6. The second-order valence-electron chi connectivity index (χ2n) is 7.45. The molecular formula is C21H24N4O7. The fourth-order valence-electron chi connectivity index (χ4n) is 2.38. The van der Waals surface area contributed by atoms with E-state index in [4.69, 9.17) is 14.2 Å². The number of nitrogens with one attached hydrogen (secondary N) is 2. The van der Waals surface area contributed by atoms with Gasteiger partial charge in [0.05, 0.1) is 12.7 Å². The molecule has 0 aliphatic carbocycles. The molecule has 1 atom stereocenters. The van der Waals surface area contributed by atoms with Gasteiger partial charge in [0.25, 0.3) is 0 Å². The van der Waals surface area contributed by atoms with Gasteiger partial charge in [0, 0.05) is 12.6 Å². The first kappa shape index (κ1) is 24.3. The molecule has 2 amide bonds. The molecule has 1 heterocycles. The second kappa shape index (κ2) is 10.8. The number of aromatic nitrogens is 2. The first-order valence-corrected chi connectivity index (χ1v) is 9.55. The standard InChI is InChI=1S/C21H24N4O7/c1-21(2,3)32-20(29)23-14(18(27)30-4)12-16-22-11-10-15(24-16)25-19(28)31-17(26)13-8-6-5-7-9-13/h5-11,14H,12H2,1-4H3,(H,23,29)(H,22,24,25,28). The summed E-state index contributed by atoms with van der Waals surface area (Å²) in [5.74, 6) is -1.42. The number of benzene rings is 1. The van der Waals surface area contributed by atoms with Crippen molar-refractivity contribution >= 4 is 29.9 Å². The van der Waals surface area contributed by atoms with Crippen LogP contribution in [0.15, 0.2) is 42.6 Å². The molecule has 2 N–H and O–H groups in total. The number of alkyl carbamates (subject to hydrolysis) is 1. The lowest BCUT2D eigenvalue weighted by atomic mass is 10.2. The minimum atomic E-state index is -1.13. The van der Waals surface area contributed by atoms with E-state index in [1.807, 2.05) is 0 Å². The van der Waals surface area contributed by atoms with Gasteiger partial charge in [0.2, 0.25) is 0 Å². The smallest absolute Gasteiger partial charge is 0.420 e. The summed E-state index contributed by atoms with van der Waals surface area (Å²) in [6, 6.07) is 8.23. The predicted octanol–water partition coefficient (Wildman–Crippen LogP) is 2.47. The van der Waals surface area contributed by atoms with Crippen LogP contribution >= 0.6 is 0 Å². The molecule has 0 bridgehead atoms. The molecule has 0 saturated heterocycles. The summed E-state index contributed by atoms with van der Waals surface area (Å²) in [5, 5.41) is 4.71. The maximum absolute atomic E-state index is 12.1. The van der Waals surface area contributed by atoms with Crippen LogP contribution in [-0.2, 0) is 25.4 Å². The zero-order valence-corrected chi connectivity index (χ0v) is 18.1. The minimum Gasteiger partial charge on any atom is -0.467 e. The molecular weight excluding hydrogens is 420 g/mol. The summed E-state index contributed by atoms with van der Waals surface area (Å²) in [6.45, 7) is 5.04. The highest BCUT2D eigenvalue weighted by molar-refractivity contribution is 5.99. The van der Waals surface area contributed by atoms with Crippen molar-refractivity contribution in [3.05, 3.63) is 54.0 Å². The molecule has 0 radical (unpaired) electrons. The van der Waals surface area contributed by atoms with Crippen molar-refractivity contribution in [2.45, 2.75) is 38.8 Å². The Hall–Kier alpha value is -4.02. The number of hydrogen-bond donors (Lipinski definition) is 2. The van der Waals surface area contributed by atoms with Crippen LogP contribution in [0, 0.1) is 0 Å². The molecule has 0 fully saturated rings. The third-order valence-corrected chi connectivity index (χ3v) is 3.69. The molecule has 1 unspecified atom stereocenters. The zero-order valence-electron chi connectivity index (χ0n) is 18.1. The van der Waals surface area contributed by atoms with Gasteiger partial charge >= 0.3 is 24.1 Å². The van der Waals surface area contributed by atoms with Crippen molar-refractivity contribution in [1.29, 1.82) is 0 Å². The first-order valence-electron chi connectivity index (χ1n) is 9.55. The molecule has 1 aromatic carbocycles. The molecule has 0 aliphatic rings. The Morgan fingerprint density at radius 3 is 2.34 bits per heavy atom. The van der Waals surface area contributed by atoms with Crippen LogP contribution in [-0.4, -0.2) is 52.8 Å². The molecule has 170 valence electrons. The Bertz CT molecular complexity index is 974. The van der Waals surface area contributed by atoms with Crippen molar-refractivity contribution in [2.24, 2.45) is 0 Å². The highest BCUT2D eigenvalue weighted by Crippen LogP contribution is 2.10. The largest absolute Gasteiger partial charge is 0.467 e. The molecule has 1 aromatic heterocycles. The topological polar surface area (TPSA) is 146 Å². The van der Waals surface area contributed by atoms with Crippen molar-refractivity contribution in [1.82, 2.24) is 15.3 Å². The number of carbonyl (C=O) groups is 4. The number of hydrogen-bond acceptors (Lipinski definition) is 9. The van der Waals surface area contributed by atoms with Gasteiger partial charge in [-0.25, -0.2) is 29.1 Å². The number of rotatable bonds is 6. The number of ether oxygens (including phenoxy) is 3. The number of carbonyl (C=O) groups excluding carboxylic acids is 4. The van der Waals surface area contributed by atoms with Gasteiger partial charge in [0.15, 0.2) is 0 Å². The monoisotopic (exact) mass is 444 g/mol. The van der Waals surface area contributed by atoms with Gasteiger partial charge in [-0.05, 0) is 39.0 Å². The summed E-state index contributed by atoms with van der Waals surface area (Å²) < 4.78 is 14.6. The lowest BCUT2D eigenvalue weighted by Crippen LogP contribution is -2.45. The number of methoxy groups -OCH3 is 1. The summed E-state index contributed by atoms with van der Waals surface area (Å²) in [7, 11) is 1.17. The average Bonchev–Trinajstić information content (AvgIpc) is 2.72. The van der Waals surface area contributed by atoms with E-state index in [-0.39, 0.29) is 23.6 Å². The number of amides is 2. The molecule has 2 rings (SSSR count). The third kappa shape index (κ3) is 8.01. The molecule has 32 heavy (non-hydrogen) atoms. The van der Waals surface area contributed by atoms with E-state index in [1.54, 1.807) is 39.0 Å². The van der Waals surface area contributed by atoms with Crippen molar-refractivity contribution in [2.75, 3.05) is 12.4 Å². The summed E-state index contributed by atoms with van der Waals surface area (Å²) in [4.78, 5) is 56.2. The third-order valence-electron chi connectivity index (χ3n) is 3.69. The second-order valence-corrected chi connectivity index (χ2v) is 7.45. The summed E-state index contributed by atoms with van der Waals surface area (Å²) in [6.07, 6.45) is -0.664. The van der Waals surface area contributed by atoms with Crippen molar-refractivity contribution < 1.29 is 33.4 Å². The van der Waals surface area contributed by atoms with Crippen LogP contribution in [0.5, 0.6) is 0 Å². The average molecular weight is 444 g/mol. The van der Waals surface area contributed by atoms with Gasteiger partial charge < -0.3 is 19.5 Å². The Kier molecular flexibility index (Phi) is 8.22. The highest BCUT2D eigenvalue weighted by atomic mass is 16.6. The van der Waals surface area contributed by atoms with Crippen LogP contribution in [0.2, 0.25) is 0 Å². The maximum Gasteiger partial charge on any atom is 0.420 e. The summed E-state index contributed by atoms with van der Waals surface area (Å²) >= 11 is 0. The van der Waals surface area contributed by atoms with Gasteiger partial charge in [0.1, 0.15) is 23.3 Å². The number of anilines is 1. The van der Waals surface area contributed by atoms with Gasteiger partial charge in [-0.15, -0.1) is 0 Å². The maximum atomic E-state index is 12.1. The van der Waals surface area contributed by atoms with Gasteiger partial charge in [-0.2, -0.15) is 0 Å². The van der Waals surface area contributed by atoms with Crippen LogP contribution in [0.1, 0.15) is 37.0 Å². The van der Waals surface area contributed by atoms with Crippen molar-refractivity contribution in [3.8, 4) is 0 Å². The van der Waals surface area contributed by atoms with E-state index in [9.17, 15) is 19.2 Å². The Morgan fingerprint density at radius 2 is 1.72 bits per heavy atom. The fraction of sp³-hybridized carbons (Fsp3) is 0.333. The molecule has 0 aliphatic heterocycles. The first-order chi connectivity index (χ1) is 15.1. The lowest BCUT2D eigenvalue weighted by Gasteiger charge is -2.22. The molecule has 0 spiro atoms. The molecule has 11 heteroatoms. The summed E-state index contributed by atoms with van der Waals surface area (Å²) in [5.41, 5.74) is -0.553. The van der Waals surface area contributed by atoms with Gasteiger partial charge in [-0.1, -0.05) is 18.2 Å². The van der Waals surface area contributed by atoms with Crippen LogP contribution in [0.3, 0.4) is 0 Å². The zero-order chi connectivity index (χ0) is 23.7. The van der Waals surface area contributed by atoms with Crippen LogP contribution in [0.4, 0.5) is 15.4 Å². The lowest BCUT2D eigenvalue weighted by molar-refractivity contribution is -0.143. The Balaban J connectivity index is 2.03. The quantitative estimate of drug-likeness (QED) is 0.390. The predicted molar refractivity (Wildman–Crippen MR) is 112 cm³/mol. The van der Waals surface area contributed by atoms with E-state index in [0.29, 0.717) is 0 Å². The number of nitrogens with zero attached hydrogens (tertiary/aromatic N) is 2. The Morgan fingerprint density at radius 1 is 1.03 bits per heavy atom. The Labute approximate surface area is 184 Å². The van der Waals surface area contributed by atoms with Crippen LogP contribution < -0.4 is 10.6 Å². The fourth-order valence-corrected chi connectivity index (χ4v) is 2.38. The number of esters is 2. The van der Waals surface area contributed by atoms with Crippen molar-refractivity contribution in [3.63, 3.8) is 0 Å². The molecule has 11 nitrogen and oxygen atoms in total. The van der Waals surface area contributed by atoms with Crippen LogP contribution in [0.25, 0.3) is 0 Å². The van der Waals surface area contributed by atoms with E-state index in [1.165, 1.54) is 31.5 Å².